The van der Waals surface area contributed by atoms with Crippen molar-refractivity contribution in [2.45, 2.75) is 39.4 Å². The van der Waals surface area contributed by atoms with Crippen LogP contribution in [0, 0.1) is 13.8 Å². The van der Waals surface area contributed by atoms with Gasteiger partial charge in [0.1, 0.15) is 12.4 Å². The lowest BCUT2D eigenvalue weighted by molar-refractivity contribution is -0.121. The van der Waals surface area contributed by atoms with Crippen LogP contribution in [0.1, 0.15) is 28.7 Å². The van der Waals surface area contributed by atoms with Crippen LogP contribution < -0.4 is 15.0 Å². The maximum Gasteiger partial charge on any atom is 0.222 e. The average Bonchev–Trinajstić information content (AvgIpc) is 2.76. The zero-order chi connectivity index (χ0) is 20.9. The minimum Gasteiger partial charge on any atom is -0.489 e. The van der Waals surface area contributed by atoms with Crippen molar-refractivity contribution in [1.29, 1.82) is 0 Å². The maximum atomic E-state index is 12.7. The van der Waals surface area contributed by atoms with E-state index in [9.17, 15) is 4.79 Å². The molecule has 0 radical (unpaired) electrons. The molecule has 3 aromatic carbocycles. The summed E-state index contributed by atoms with van der Waals surface area (Å²) in [5, 5.41) is 3.06. The molecule has 1 aliphatic rings. The van der Waals surface area contributed by atoms with E-state index in [-0.39, 0.29) is 11.9 Å². The molecule has 1 heterocycles. The summed E-state index contributed by atoms with van der Waals surface area (Å²) in [5.74, 6) is 0.915. The van der Waals surface area contributed by atoms with Gasteiger partial charge in [0.15, 0.2) is 0 Å². The van der Waals surface area contributed by atoms with Gasteiger partial charge in [-0.15, -0.1) is 0 Å². The SMILES string of the molecule is Cc1ccc(CNC(=O)C[C@H]2COc3ccccc3N2Cc2ccc(C)cc2)cc1. The van der Waals surface area contributed by atoms with Crippen LogP contribution in [0.2, 0.25) is 0 Å². The number of carbonyl (C=O) groups is 1. The number of aryl methyl sites for hydroxylation is 2. The molecule has 4 heteroatoms. The number of para-hydroxylation sites is 2. The number of carbonyl (C=O) groups excluding carboxylic acids is 1. The molecule has 154 valence electrons. The van der Waals surface area contributed by atoms with Crippen LogP contribution in [-0.2, 0) is 17.9 Å². The van der Waals surface area contributed by atoms with Crippen LogP contribution in [-0.4, -0.2) is 18.6 Å². The Kier molecular flexibility index (Phi) is 6.03. The first-order valence-corrected chi connectivity index (χ1v) is 10.4. The van der Waals surface area contributed by atoms with Gasteiger partial charge >= 0.3 is 0 Å². The third-order valence-corrected chi connectivity index (χ3v) is 5.55. The molecule has 30 heavy (non-hydrogen) atoms. The van der Waals surface area contributed by atoms with Gasteiger partial charge < -0.3 is 15.0 Å². The number of nitrogens with zero attached hydrogens (tertiary/aromatic N) is 1. The molecule has 0 unspecified atom stereocenters. The fourth-order valence-corrected chi connectivity index (χ4v) is 3.76. The minimum atomic E-state index is -0.0146. The highest BCUT2D eigenvalue weighted by Gasteiger charge is 2.29. The summed E-state index contributed by atoms with van der Waals surface area (Å²) in [4.78, 5) is 15.0. The lowest BCUT2D eigenvalue weighted by Crippen LogP contribution is -2.45. The molecule has 0 fully saturated rings. The number of anilines is 1. The molecule has 1 atom stereocenters. The van der Waals surface area contributed by atoms with E-state index in [4.69, 9.17) is 4.74 Å². The third kappa shape index (κ3) is 4.82. The molecule has 0 aromatic heterocycles. The van der Waals surface area contributed by atoms with Gasteiger partial charge in [-0.3, -0.25) is 4.79 Å². The Morgan fingerprint density at radius 2 is 1.57 bits per heavy atom. The molecule has 4 nitrogen and oxygen atoms in total. The molecule has 0 spiro atoms. The summed E-state index contributed by atoms with van der Waals surface area (Å²) in [5.41, 5.74) is 5.83. The molecule has 0 bridgehead atoms. The van der Waals surface area contributed by atoms with Gasteiger partial charge in [0.05, 0.1) is 18.2 Å². The predicted molar refractivity (Wildman–Crippen MR) is 121 cm³/mol. The highest BCUT2D eigenvalue weighted by molar-refractivity contribution is 5.77. The van der Waals surface area contributed by atoms with Gasteiger partial charge in [0.25, 0.3) is 0 Å². The van der Waals surface area contributed by atoms with Crippen molar-refractivity contribution >= 4 is 11.6 Å². The Bertz CT molecular complexity index is 996. The quantitative estimate of drug-likeness (QED) is 0.648. The second-order valence-electron chi connectivity index (χ2n) is 8.01. The second-order valence-corrected chi connectivity index (χ2v) is 8.01. The summed E-state index contributed by atoms with van der Waals surface area (Å²) in [6, 6.07) is 24.9. The highest BCUT2D eigenvalue weighted by atomic mass is 16.5. The number of hydrogen-bond donors (Lipinski definition) is 1. The van der Waals surface area contributed by atoms with Crippen molar-refractivity contribution in [2.24, 2.45) is 0 Å². The topological polar surface area (TPSA) is 41.6 Å². The minimum absolute atomic E-state index is 0.0146. The van der Waals surface area contributed by atoms with E-state index in [2.05, 4.69) is 78.7 Å². The van der Waals surface area contributed by atoms with E-state index in [0.717, 1.165) is 23.5 Å². The fourth-order valence-electron chi connectivity index (χ4n) is 3.76. The molecule has 1 N–H and O–H groups in total. The normalized spacial score (nSPS) is 15.3. The van der Waals surface area contributed by atoms with Crippen molar-refractivity contribution in [3.05, 3.63) is 95.1 Å². The Morgan fingerprint density at radius 1 is 0.933 bits per heavy atom. The van der Waals surface area contributed by atoms with Crippen molar-refractivity contribution in [1.82, 2.24) is 5.32 Å². The van der Waals surface area contributed by atoms with Crippen molar-refractivity contribution in [3.63, 3.8) is 0 Å². The highest BCUT2D eigenvalue weighted by Crippen LogP contribution is 2.35. The molecule has 1 amide bonds. The number of nitrogens with one attached hydrogen (secondary N) is 1. The van der Waals surface area contributed by atoms with E-state index >= 15 is 0 Å². The van der Waals surface area contributed by atoms with Crippen molar-refractivity contribution < 1.29 is 9.53 Å². The van der Waals surface area contributed by atoms with E-state index in [1.807, 2.05) is 18.2 Å². The van der Waals surface area contributed by atoms with Gasteiger partial charge in [0.2, 0.25) is 5.91 Å². The maximum absolute atomic E-state index is 12.7. The summed E-state index contributed by atoms with van der Waals surface area (Å²) in [6.07, 6.45) is 0.395. The molecular weight excluding hydrogens is 372 g/mol. The Balaban J connectivity index is 1.46. The molecule has 0 saturated heterocycles. The van der Waals surface area contributed by atoms with Crippen molar-refractivity contribution in [3.8, 4) is 5.75 Å². The smallest absolute Gasteiger partial charge is 0.222 e. The zero-order valence-corrected chi connectivity index (χ0v) is 17.6. The van der Waals surface area contributed by atoms with E-state index in [1.165, 1.54) is 16.7 Å². The predicted octanol–water partition coefficient (Wildman–Crippen LogP) is 4.78. The monoisotopic (exact) mass is 400 g/mol. The lowest BCUT2D eigenvalue weighted by atomic mass is 10.1. The summed E-state index contributed by atoms with van der Waals surface area (Å²) in [7, 11) is 0. The van der Waals surface area contributed by atoms with Crippen LogP contribution >= 0.6 is 0 Å². The Morgan fingerprint density at radius 3 is 2.27 bits per heavy atom. The molecule has 4 rings (SSSR count). The number of rotatable bonds is 6. The number of benzene rings is 3. The molecular formula is C26H28N2O2. The summed E-state index contributed by atoms with van der Waals surface area (Å²) >= 11 is 0. The lowest BCUT2D eigenvalue weighted by Gasteiger charge is -2.38. The van der Waals surface area contributed by atoms with Gasteiger partial charge in [-0.25, -0.2) is 0 Å². The van der Waals surface area contributed by atoms with Crippen LogP contribution in [0.25, 0.3) is 0 Å². The molecule has 1 aliphatic heterocycles. The largest absolute Gasteiger partial charge is 0.489 e. The van der Waals surface area contributed by atoms with Crippen LogP contribution in [0.5, 0.6) is 5.75 Å². The van der Waals surface area contributed by atoms with E-state index in [1.54, 1.807) is 0 Å². The van der Waals surface area contributed by atoms with Crippen LogP contribution in [0.15, 0.2) is 72.8 Å². The second kappa shape index (κ2) is 9.04. The van der Waals surface area contributed by atoms with Crippen molar-refractivity contribution in [2.75, 3.05) is 11.5 Å². The van der Waals surface area contributed by atoms with Crippen LogP contribution in [0.4, 0.5) is 5.69 Å². The zero-order valence-electron chi connectivity index (χ0n) is 17.6. The fraction of sp³-hybridized carbons (Fsp3) is 0.269. The number of fused-ring (bicyclic) bond motifs is 1. The Hall–Kier alpha value is -3.27. The van der Waals surface area contributed by atoms with Gasteiger partial charge in [0, 0.05) is 13.1 Å². The first-order valence-electron chi connectivity index (χ1n) is 10.4. The van der Waals surface area contributed by atoms with E-state index in [0.29, 0.717) is 19.6 Å². The number of amides is 1. The van der Waals surface area contributed by atoms with Gasteiger partial charge in [-0.1, -0.05) is 71.8 Å². The van der Waals surface area contributed by atoms with Crippen LogP contribution in [0.3, 0.4) is 0 Å². The number of ether oxygens (including phenoxy) is 1. The molecule has 0 saturated carbocycles. The number of hydrogen-bond acceptors (Lipinski definition) is 3. The Labute approximate surface area is 178 Å². The standard InChI is InChI=1S/C26H28N2O2/c1-19-7-11-21(12-8-19)16-27-26(29)15-23-18-30-25-6-4-3-5-24(25)28(23)17-22-13-9-20(2)10-14-22/h3-14,23H,15-18H2,1-2H3,(H,27,29)/t23-/m0/s1. The summed E-state index contributed by atoms with van der Waals surface area (Å²) in [6.45, 7) is 5.94. The van der Waals surface area contributed by atoms with Gasteiger partial charge in [-0.05, 0) is 37.1 Å². The average molecular weight is 401 g/mol. The van der Waals surface area contributed by atoms with E-state index < -0.39 is 0 Å². The molecule has 0 aliphatic carbocycles. The van der Waals surface area contributed by atoms with Gasteiger partial charge in [-0.2, -0.15) is 0 Å². The first kappa shape index (κ1) is 20.0. The molecule has 3 aromatic rings. The third-order valence-electron chi connectivity index (χ3n) is 5.55. The summed E-state index contributed by atoms with van der Waals surface area (Å²) < 4.78 is 5.98. The first-order chi connectivity index (χ1) is 14.6.